The first-order valence-corrected chi connectivity index (χ1v) is 8.76. The Hall–Kier alpha value is -3.74. The lowest BCUT2D eigenvalue weighted by Gasteiger charge is -2.09. The molecule has 0 radical (unpaired) electrons. The third kappa shape index (κ3) is 3.83. The molecule has 0 saturated carbocycles. The molecule has 2 heterocycles. The van der Waals surface area contributed by atoms with Crippen molar-refractivity contribution in [3.05, 3.63) is 84.1 Å². The van der Waals surface area contributed by atoms with E-state index in [0.29, 0.717) is 29.4 Å². The van der Waals surface area contributed by atoms with Crippen molar-refractivity contribution in [2.75, 3.05) is 5.32 Å². The first kappa shape index (κ1) is 17.7. The summed E-state index contributed by atoms with van der Waals surface area (Å²) >= 11 is 0. The highest BCUT2D eigenvalue weighted by Gasteiger charge is 2.09. The molecule has 2 aromatic carbocycles. The first-order chi connectivity index (χ1) is 13.6. The van der Waals surface area contributed by atoms with Crippen LogP contribution in [-0.4, -0.2) is 24.9 Å². The summed E-state index contributed by atoms with van der Waals surface area (Å²) in [5.74, 6) is 0.927. The van der Waals surface area contributed by atoms with Crippen LogP contribution in [-0.2, 0) is 6.54 Å². The summed E-state index contributed by atoms with van der Waals surface area (Å²) < 4.78 is 15.0. The average Bonchev–Trinajstić information content (AvgIpc) is 3.15. The van der Waals surface area contributed by atoms with Crippen LogP contribution in [0.15, 0.2) is 67.0 Å². The lowest BCUT2D eigenvalue weighted by molar-refractivity contribution is 0.477. The minimum Gasteiger partial charge on any atom is -0.507 e. The number of rotatable bonds is 5. The van der Waals surface area contributed by atoms with E-state index in [9.17, 15) is 9.50 Å². The van der Waals surface area contributed by atoms with Gasteiger partial charge in [0.05, 0.1) is 17.4 Å². The maximum absolute atomic E-state index is 13.4. The number of aromatic nitrogens is 4. The quantitative estimate of drug-likeness (QED) is 0.549. The van der Waals surface area contributed by atoms with E-state index < -0.39 is 0 Å². The third-order valence-corrected chi connectivity index (χ3v) is 4.18. The number of anilines is 1. The molecule has 7 heteroatoms. The van der Waals surface area contributed by atoms with E-state index in [0.717, 1.165) is 11.3 Å². The van der Waals surface area contributed by atoms with Gasteiger partial charge in [0.1, 0.15) is 17.4 Å². The summed E-state index contributed by atoms with van der Waals surface area (Å²) in [6.07, 6.45) is 3.55. The minimum absolute atomic E-state index is 0.135. The number of benzene rings is 2. The summed E-state index contributed by atoms with van der Waals surface area (Å²) in [4.78, 5) is 8.91. The van der Waals surface area contributed by atoms with Gasteiger partial charge in [-0.05, 0) is 37.3 Å². The Kier molecular flexibility index (Phi) is 4.72. The highest BCUT2D eigenvalue weighted by Crippen LogP contribution is 2.26. The van der Waals surface area contributed by atoms with Crippen molar-refractivity contribution >= 4 is 5.82 Å². The Bertz CT molecular complexity index is 1130. The van der Waals surface area contributed by atoms with Crippen LogP contribution >= 0.6 is 0 Å². The van der Waals surface area contributed by atoms with Crippen molar-refractivity contribution < 1.29 is 9.50 Å². The molecule has 0 atom stereocenters. The molecule has 2 N–H and O–H groups in total. The lowest BCUT2D eigenvalue weighted by atomic mass is 10.2. The molecule has 6 nitrogen and oxygen atoms in total. The van der Waals surface area contributed by atoms with Gasteiger partial charge >= 0.3 is 0 Å². The molecular weight excluding hydrogens is 357 g/mol. The smallest absolute Gasteiger partial charge is 0.165 e. The van der Waals surface area contributed by atoms with E-state index in [1.54, 1.807) is 41.2 Å². The SMILES string of the molecule is Cc1cc(NCc2cnn(-c3cccc(F)c3)c2)nc(-c2ccccc2O)n1. The van der Waals surface area contributed by atoms with Crippen molar-refractivity contribution in [3.8, 4) is 22.8 Å². The molecule has 0 fully saturated rings. The molecular formula is C21H18FN5O. The zero-order valence-electron chi connectivity index (χ0n) is 15.2. The third-order valence-electron chi connectivity index (χ3n) is 4.18. The molecule has 0 amide bonds. The minimum atomic E-state index is -0.305. The van der Waals surface area contributed by atoms with Crippen molar-refractivity contribution in [3.63, 3.8) is 0 Å². The van der Waals surface area contributed by atoms with Crippen LogP contribution in [0.5, 0.6) is 5.75 Å². The van der Waals surface area contributed by atoms with E-state index >= 15 is 0 Å². The van der Waals surface area contributed by atoms with Crippen LogP contribution in [0.3, 0.4) is 0 Å². The Labute approximate surface area is 161 Å². The Morgan fingerprint density at radius 1 is 1.07 bits per heavy atom. The van der Waals surface area contributed by atoms with Gasteiger partial charge in [0.15, 0.2) is 5.82 Å². The molecule has 140 valence electrons. The summed E-state index contributed by atoms with van der Waals surface area (Å²) in [7, 11) is 0. The van der Waals surface area contributed by atoms with E-state index in [1.807, 2.05) is 25.3 Å². The monoisotopic (exact) mass is 375 g/mol. The van der Waals surface area contributed by atoms with Gasteiger partial charge in [0.25, 0.3) is 0 Å². The predicted octanol–water partition coefficient (Wildman–Crippen LogP) is 4.09. The Morgan fingerprint density at radius 3 is 2.75 bits per heavy atom. The summed E-state index contributed by atoms with van der Waals surface area (Å²) in [5, 5.41) is 17.6. The number of hydrogen-bond acceptors (Lipinski definition) is 5. The van der Waals surface area contributed by atoms with Crippen LogP contribution in [0, 0.1) is 12.7 Å². The number of para-hydroxylation sites is 1. The highest BCUT2D eigenvalue weighted by molar-refractivity contribution is 5.64. The van der Waals surface area contributed by atoms with Gasteiger partial charge in [-0.25, -0.2) is 19.0 Å². The lowest BCUT2D eigenvalue weighted by Crippen LogP contribution is -2.03. The van der Waals surface area contributed by atoms with Crippen LogP contribution in [0.1, 0.15) is 11.3 Å². The van der Waals surface area contributed by atoms with Gasteiger partial charge in [-0.15, -0.1) is 0 Å². The maximum atomic E-state index is 13.4. The standard InChI is InChI=1S/C21H18FN5O/c1-14-9-20(26-21(25-14)18-7-2-3-8-19(18)28)23-11-15-12-24-27(13-15)17-6-4-5-16(22)10-17/h2-10,12-13,28H,11H2,1H3,(H,23,25,26). The number of phenolic OH excluding ortho intramolecular Hbond substituents is 1. The molecule has 0 saturated heterocycles. The molecule has 0 aliphatic heterocycles. The maximum Gasteiger partial charge on any atom is 0.165 e. The molecule has 4 aromatic rings. The van der Waals surface area contributed by atoms with Gasteiger partial charge in [-0.1, -0.05) is 18.2 Å². The molecule has 4 rings (SSSR count). The molecule has 0 spiro atoms. The fraction of sp³-hybridized carbons (Fsp3) is 0.0952. The van der Waals surface area contributed by atoms with Crippen molar-refractivity contribution in [1.82, 2.24) is 19.7 Å². The van der Waals surface area contributed by atoms with Crippen LogP contribution in [0.4, 0.5) is 10.2 Å². The molecule has 28 heavy (non-hydrogen) atoms. The zero-order valence-corrected chi connectivity index (χ0v) is 15.2. The van der Waals surface area contributed by atoms with Crippen LogP contribution in [0.2, 0.25) is 0 Å². The summed E-state index contributed by atoms with van der Waals surface area (Å²) in [6, 6.07) is 15.1. The average molecular weight is 375 g/mol. The number of phenols is 1. The molecule has 0 unspecified atom stereocenters. The van der Waals surface area contributed by atoms with Gasteiger partial charge in [0.2, 0.25) is 0 Å². The van der Waals surface area contributed by atoms with E-state index in [2.05, 4.69) is 20.4 Å². The normalized spacial score (nSPS) is 10.8. The Balaban J connectivity index is 1.52. The van der Waals surface area contributed by atoms with Crippen LogP contribution < -0.4 is 5.32 Å². The van der Waals surface area contributed by atoms with E-state index in [4.69, 9.17) is 0 Å². The second-order valence-electron chi connectivity index (χ2n) is 6.36. The zero-order chi connectivity index (χ0) is 19.5. The summed E-state index contributed by atoms with van der Waals surface area (Å²) in [5.41, 5.74) is 2.94. The van der Waals surface area contributed by atoms with E-state index in [-0.39, 0.29) is 11.6 Å². The number of halogens is 1. The first-order valence-electron chi connectivity index (χ1n) is 8.76. The molecule has 0 bridgehead atoms. The van der Waals surface area contributed by atoms with Crippen molar-refractivity contribution in [1.29, 1.82) is 0 Å². The number of hydrogen-bond donors (Lipinski definition) is 2. The van der Waals surface area contributed by atoms with Gasteiger partial charge in [-0.2, -0.15) is 5.10 Å². The van der Waals surface area contributed by atoms with Crippen molar-refractivity contribution in [2.45, 2.75) is 13.5 Å². The van der Waals surface area contributed by atoms with Crippen LogP contribution in [0.25, 0.3) is 17.1 Å². The number of aromatic hydroxyl groups is 1. The van der Waals surface area contributed by atoms with Crippen molar-refractivity contribution in [2.24, 2.45) is 0 Å². The fourth-order valence-electron chi connectivity index (χ4n) is 2.85. The number of nitrogens with one attached hydrogen (secondary N) is 1. The molecule has 2 aromatic heterocycles. The fourth-order valence-corrected chi connectivity index (χ4v) is 2.85. The summed E-state index contributed by atoms with van der Waals surface area (Å²) in [6.45, 7) is 2.37. The van der Waals surface area contributed by atoms with Gasteiger partial charge in [0, 0.05) is 30.1 Å². The molecule has 0 aliphatic carbocycles. The Morgan fingerprint density at radius 2 is 1.93 bits per heavy atom. The number of nitrogens with zero attached hydrogens (tertiary/aromatic N) is 4. The largest absolute Gasteiger partial charge is 0.507 e. The second kappa shape index (κ2) is 7.48. The van der Waals surface area contributed by atoms with Gasteiger partial charge < -0.3 is 10.4 Å². The number of aryl methyl sites for hydroxylation is 1. The highest BCUT2D eigenvalue weighted by atomic mass is 19.1. The van der Waals surface area contributed by atoms with E-state index in [1.165, 1.54) is 12.1 Å². The molecule has 0 aliphatic rings. The second-order valence-corrected chi connectivity index (χ2v) is 6.36. The topological polar surface area (TPSA) is 75.9 Å². The van der Waals surface area contributed by atoms with Gasteiger partial charge in [-0.3, -0.25) is 0 Å². The predicted molar refractivity (Wildman–Crippen MR) is 105 cm³/mol.